The molecule has 2 fully saturated rings. The first-order chi connectivity index (χ1) is 6.20. The van der Waals surface area contributed by atoms with Crippen LogP contribution < -0.4 is 0 Å². The van der Waals surface area contributed by atoms with Gasteiger partial charge in [-0.1, -0.05) is 18.9 Å². The number of hydrogen-bond acceptors (Lipinski definition) is 1. The third-order valence-electron chi connectivity index (χ3n) is 3.37. The van der Waals surface area contributed by atoms with E-state index in [1.807, 2.05) is 4.90 Å². The fourth-order valence-corrected chi connectivity index (χ4v) is 2.61. The molecular formula is C10H17AcN2O-. The van der Waals surface area contributed by atoms with Gasteiger partial charge in [0.15, 0.2) is 0 Å². The zero-order valence-electron chi connectivity index (χ0n) is 8.70. The third kappa shape index (κ3) is 2.34. The number of nitrogens with one attached hydrogen (secondary N) is 1. The van der Waals surface area contributed by atoms with Crippen LogP contribution in [0.15, 0.2) is 0 Å². The molecule has 0 aromatic heterocycles. The SMILES string of the molecule is CC1CCC2CCCC([NH-])C(=O)N12.[Ac]. The molecule has 3 unspecified atom stereocenters. The fourth-order valence-electron chi connectivity index (χ4n) is 2.61. The molecule has 0 saturated carbocycles. The van der Waals surface area contributed by atoms with Crippen molar-refractivity contribution in [3.63, 3.8) is 0 Å². The normalized spacial score (nSPS) is 37.4. The zero-order chi connectivity index (χ0) is 9.42. The monoisotopic (exact) mass is 408 g/mol. The van der Waals surface area contributed by atoms with Gasteiger partial charge in [-0.2, -0.15) is 0 Å². The molecular weight excluding hydrogens is 391 g/mol. The molecule has 0 aliphatic carbocycles. The van der Waals surface area contributed by atoms with Gasteiger partial charge in [0.05, 0.1) is 0 Å². The number of amides is 1. The Bertz CT molecular complexity index is 222. The Balaban J connectivity index is 0.000000980. The van der Waals surface area contributed by atoms with Crippen molar-refractivity contribution < 1.29 is 48.9 Å². The van der Waals surface area contributed by atoms with Crippen molar-refractivity contribution in [1.29, 1.82) is 0 Å². The van der Waals surface area contributed by atoms with Crippen molar-refractivity contribution in [2.45, 2.75) is 57.2 Å². The maximum Gasteiger partial charge on any atom is 0.205 e. The van der Waals surface area contributed by atoms with E-state index in [0.29, 0.717) is 12.1 Å². The topological polar surface area (TPSA) is 44.1 Å². The Labute approximate surface area is 121 Å². The minimum absolute atomic E-state index is 0. The van der Waals surface area contributed by atoms with Crippen LogP contribution in [0, 0.1) is 44.1 Å². The summed E-state index contributed by atoms with van der Waals surface area (Å²) in [5.74, 6) is 0.0764. The van der Waals surface area contributed by atoms with Crippen LogP contribution in [-0.4, -0.2) is 28.9 Å². The van der Waals surface area contributed by atoms with Gasteiger partial charge >= 0.3 is 0 Å². The molecule has 0 spiro atoms. The summed E-state index contributed by atoms with van der Waals surface area (Å²) in [6.07, 6.45) is 5.21. The number of rotatable bonds is 0. The van der Waals surface area contributed by atoms with Gasteiger partial charge in [0.1, 0.15) is 0 Å². The number of nitrogens with zero attached hydrogens (tertiary/aromatic N) is 1. The first kappa shape index (κ1) is 12.9. The van der Waals surface area contributed by atoms with Crippen LogP contribution in [0.4, 0.5) is 0 Å². The predicted octanol–water partition coefficient (Wildman–Crippen LogP) is 1.97. The molecule has 1 N–H and O–H groups in total. The molecule has 3 atom stereocenters. The van der Waals surface area contributed by atoms with Gasteiger partial charge in [0.2, 0.25) is 5.91 Å². The van der Waals surface area contributed by atoms with Gasteiger partial charge in [-0.05, 0) is 26.2 Å². The van der Waals surface area contributed by atoms with E-state index >= 15 is 0 Å². The summed E-state index contributed by atoms with van der Waals surface area (Å²) >= 11 is 0. The average Bonchev–Trinajstić information content (AvgIpc) is 2.39. The molecule has 14 heavy (non-hydrogen) atoms. The molecule has 1 amide bonds. The van der Waals surface area contributed by atoms with Gasteiger partial charge < -0.3 is 10.6 Å². The Kier molecular flexibility index (Phi) is 4.88. The van der Waals surface area contributed by atoms with E-state index in [0.717, 1.165) is 32.1 Å². The van der Waals surface area contributed by atoms with E-state index < -0.39 is 6.04 Å². The molecule has 2 saturated heterocycles. The standard InChI is InChI=1S/C10H17N2O.Ac/c1-7-5-6-8-3-2-4-9(11)10(13)12(7)8;/h7-9,11H,2-6H2,1H3;/q-1;. The van der Waals surface area contributed by atoms with E-state index in [2.05, 4.69) is 6.92 Å². The summed E-state index contributed by atoms with van der Waals surface area (Å²) < 4.78 is 0. The minimum Gasteiger partial charge on any atom is -0.667 e. The van der Waals surface area contributed by atoms with Crippen LogP contribution in [0.5, 0.6) is 0 Å². The largest absolute Gasteiger partial charge is 0.667 e. The van der Waals surface area contributed by atoms with Crippen LogP contribution in [0.3, 0.4) is 0 Å². The summed E-state index contributed by atoms with van der Waals surface area (Å²) in [7, 11) is 0. The van der Waals surface area contributed by atoms with Crippen LogP contribution in [0.2, 0.25) is 0 Å². The molecule has 0 aromatic carbocycles. The van der Waals surface area contributed by atoms with Crippen LogP contribution in [0.25, 0.3) is 5.73 Å². The second kappa shape index (κ2) is 5.28. The second-order valence-corrected chi connectivity index (χ2v) is 4.31. The quantitative estimate of drug-likeness (QED) is 0.605. The summed E-state index contributed by atoms with van der Waals surface area (Å²) in [6, 6.07) is 0.354. The Morgan fingerprint density at radius 1 is 1.29 bits per heavy atom. The summed E-state index contributed by atoms with van der Waals surface area (Å²) in [5, 5.41) is 0. The van der Waals surface area contributed by atoms with Gasteiger partial charge in [-0.25, -0.2) is 0 Å². The van der Waals surface area contributed by atoms with E-state index in [-0.39, 0.29) is 50.0 Å². The van der Waals surface area contributed by atoms with Crippen LogP contribution >= 0.6 is 0 Å². The number of fused-ring (bicyclic) bond motifs is 1. The molecule has 4 heteroatoms. The summed E-state index contributed by atoms with van der Waals surface area (Å²) in [6.45, 7) is 2.11. The molecule has 2 aliphatic heterocycles. The smallest absolute Gasteiger partial charge is 0.205 e. The van der Waals surface area contributed by atoms with Crippen molar-refractivity contribution in [3.8, 4) is 0 Å². The minimum atomic E-state index is -0.481. The molecule has 3 nitrogen and oxygen atoms in total. The van der Waals surface area contributed by atoms with Crippen LogP contribution in [-0.2, 0) is 4.79 Å². The van der Waals surface area contributed by atoms with E-state index in [4.69, 9.17) is 5.73 Å². The van der Waals surface area contributed by atoms with Crippen molar-refractivity contribution >= 4 is 5.91 Å². The molecule has 2 heterocycles. The van der Waals surface area contributed by atoms with Crippen molar-refractivity contribution in [2.75, 3.05) is 0 Å². The van der Waals surface area contributed by atoms with Gasteiger partial charge in [0, 0.05) is 56.1 Å². The van der Waals surface area contributed by atoms with Crippen molar-refractivity contribution in [1.82, 2.24) is 4.90 Å². The molecule has 2 aliphatic rings. The van der Waals surface area contributed by atoms with E-state index in [9.17, 15) is 4.79 Å². The second-order valence-electron chi connectivity index (χ2n) is 4.31. The van der Waals surface area contributed by atoms with Crippen molar-refractivity contribution in [2.24, 2.45) is 0 Å². The molecule has 77 valence electrons. The average molecular weight is 408 g/mol. The molecule has 0 aromatic rings. The van der Waals surface area contributed by atoms with Crippen LogP contribution in [0.1, 0.15) is 39.0 Å². The Morgan fingerprint density at radius 3 is 2.71 bits per heavy atom. The number of carbonyl (C=O) groups is 1. The molecule has 1 radical (unpaired) electrons. The van der Waals surface area contributed by atoms with E-state index in [1.54, 1.807) is 0 Å². The number of carbonyl (C=O) groups excluding carboxylic acids is 1. The van der Waals surface area contributed by atoms with Crippen molar-refractivity contribution in [3.05, 3.63) is 5.73 Å². The molecule has 2 rings (SSSR count). The van der Waals surface area contributed by atoms with Gasteiger partial charge in [-0.3, -0.25) is 4.79 Å². The maximum absolute atomic E-state index is 11.8. The Hall–Kier alpha value is 0.872. The van der Waals surface area contributed by atoms with Gasteiger partial charge in [0.25, 0.3) is 0 Å². The third-order valence-corrected chi connectivity index (χ3v) is 3.37. The van der Waals surface area contributed by atoms with Gasteiger partial charge in [-0.15, -0.1) is 0 Å². The van der Waals surface area contributed by atoms with E-state index in [1.165, 1.54) is 0 Å². The summed E-state index contributed by atoms with van der Waals surface area (Å²) in [4.78, 5) is 13.8. The first-order valence-corrected chi connectivity index (χ1v) is 5.23. The fraction of sp³-hybridized carbons (Fsp3) is 0.900. The summed E-state index contributed by atoms with van der Waals surface area (Å²) in [5.41, 5.74) is 7.67. The molecule has 0 bridgehead atoms. The number of hydrogen-bond donors (Lipinski definition) is 0. The zero-order valence-corrected chi connectivity index (χ0v) is 13.4. The Morgan fingerprint density at radius 2 is 2.00 bits per heavy atom. The predicted molar refractivity (Wildman–Crippen MR) is 51.3 cm³/mol. The maximum atomic E-state index is 11.8. The first-order valence-electron chi connectivity index (χ1n) is 5.23.